The van der Waals surface area contributed by atoms with E-state index in [1.54, 1.807) is 0 Å². The average Bonchev–Trinajstić information content (AvgIpc) is 3.03. The van der Waals surface area contributed by atoms with Gasteiger partial charge in [-0.15, -0.1) is 0 Å². The smallest absolute Gasteiger partial charge is 0.234 e. The van der Waals surface area contributed by atoms with E-state index in [0.29, 0.717) is 32.7 Å². The fourth-order valence-electron chi connectivity index (χ4n) is 2.64. The zero-order valence-electron chi connectivity index (χ0n) is 13.9. The molecular formula is C15H31N5O3. The number of hydrogen-bond acceptors (Lipinski definition) is 7. The average molecular weight is 329 g/mol. The summed E-state index contributed by atoms with van der Waals surface area (Å²) < 4.78 is 10.7. The van der Waals surface area contributed by atoms with Gasteiger partial charge in [-0.05, 0) is 0 Å². The second-order valence-electron chi connectivity index (χ2n) is 5.84. The quantitative estimate of drug-likeness (QED) is 0.462. The molecule has 2 aliphatic heterocycles. The molecule has 0 spiro atoms. The van der Waals surface area contributed by atoms with Gasteiger partial charge in [0.2, 0.25) is 5.91 Å². The van der Waals surface area contributed by atoms with Crippen LogP contribution in [-0.2, 0) is 14.3 Å². The minimum absolute atomic E-state index is 0.0664. The molecule has 0 bridgehead atoms. The molecule has 8 nitrogen and oxygen atoms in total. The molecular weight excluding hydrogens is 298 g/mol. The van der Waals surface area contributed by atoms with Crippen LogP contribution in [0.2, 0.25) is 0 Å². The van der Waals surface area contributed by atoms with Gasteiger partial charge in [0.1, 0.15) is 0 Å². The molecule has 8 heteroatoms. The van der Waals surface area contributed by atoms with Gasteiger partial charge in [0.25, 0.3) is 0 Å². The van der Waals surface area contributed by atoms with Gasteiger partial charge in [-0.25, -0.2) is 0 Å². The summed E-state index contributed by atoms with van der Waals surface area (Å²) in [4.78, 5) is 14.3. The number of hydrogen-bond donors (Lipinski definition) is 4. The van der Waals surface area contributed by atoms with Crippen LogP contribution in [-0.4, -0.2) is 95.8 Å². The Hall–Kier alpha value is -0.770. The zero-order valence-corrected chi connectivity index (χ0v) is 13.9. The molecule has 2 heterocycles. The summed E-state index contributed by atoms with van der Waals surface area (Å²) in [7, 11) is 0. The van der Waals surface area contributed by atoms with Gasteiger partial charge in [0.05, 0.1) is 19.8 Å². The Morgan fingerprint density at radius 3 is 2.13 bits per heavy atom. The molecule has 0 aromatic carbocycles. The molecule has 134 valence electrons. The lowest BCUT2D eigenvalue weighted by atomic mass is 10.3. The first-order chi connectivity index (χ1) is 11.3. The third-order valence-electron chi connectivity index (χ3n) is 3.93. The molecule has 2 fully saturated rings. The van der Waals surface area contributed by atoms with Crippen molar-refractivity contribution in [3.8, 4) is 0 Å². The van der Waals surface area contributed by atoms with Crippen LogP contribution in [0, 0.1) is 0 Å². The second kappa shape index (κ2) is 11.7. The van der Waals surface area contributed by atoms with Crippen LogP contribution in [0.25, 0.3) is 0 Å². The van der Waals surface area contributed by atoms with Crippen LogP contribution in [0.1, 0.15) is 6.42 Å². The third kappa shape index (κ3) is 8.59. The van der Waals surface area contributed by atoms with E-state index in [-0.39, 0.29) is 12.2 Å². The third-order valence-corrected chi connectivity index (χ3v) is 3.93. The summed E-state index contributed by atoms with van der Waals surface area (Å²) in [6.07, 6.45) is 0.556. The van der Waals surface area contributed by atoms with Crippen molar-refractivity contribution in [2.45, 2.75) is 12.7 Å². The number of nitrogens with one attached hydrogen (secondary N) is 4. The fourth-order valence-corrected chi connectivity index (χ4v) is 2.64. The molecule has 0 unspecified atom stereocenters. The van der Waals surface area contributed by atoms with Crippen LogP contribution in [0.4, 0.5) is 0 Å². The second-order valence-corrected chi connectivity index (χ2v) is 5.84. The Balaban J connectivity index is 1.61. The summed E-state index contributed by atoms with van der Waals surface area (Å²) in [6, 6.07) is 0. The Morgan fingerprint density at radius 1 is 0.957 bits per heavy atom. The van der Waals surface area contributed by atoms with E-state index in [1.165, 1.54) is 0 Å². The van der Waals surface area contributed by atoms with E-state index in [4.69, 9.17) is 9.47 Å². The van der Waals surface area contributed by atoms with Crippen molar-refractivity contribution >= 4 is 5.91 Å². The summed E-state index contributed by atoms with van der Waals surface area (Å²) in [6.45, 7) is 9.78. The van der Waals surface area contributed by atoms with Crippen molar-refractivity contribution in [1.29, 1.82) is 0 Å². The topological polar surface area (TPSA) is 86.9 Å². The largest absolute Gasteiger partial charge is 0.355 e. The first kappa shape index (κ1) is 18.6. The van der Waals surface area contributed by atoms with Gasteiger partial charge < -0.3 is 30.7 Å². The van der Waals surface area contributed by atoms with Crippen molar-refractivity contribution < 1.29 is 14.3 Å². The summed E-state index contributed by atoms with van der Waals surface area (Å²) in [5, 5.41) is 13.1. The predicted octanol–water partition coefficient (Wildman–Crippen LogP) is -2.05. The Labute approximate surface area is 138 Å². The van der Waals surface area contributed by atoms with Crippen molar-refractivity contribution in [2.24, 2.45) is 0 Å². The number of carbonyl (C=O) groups is 1. The van der Waals surface area contributed by atoms with Crippen molar-refractivity contribution in [2.75, 3.05) is 78.7 Å². The minimum atomic E-state index is -0.154. The highest BCUT2D eigenvalue weighted by Gasteiger charge is 2.16. The molecule has 23 heavy (non-hydrogen) atoms. The van der Waals surface area contributed by atoms with Crippen LogP contribution in [0.3, 0.4) is 0 Å². The van der Waals surface area contributed by atoms with Crippen molar-refractivity contribution in [3.63, 3.8) is 0 Å². The van der Waals surface area contributed by atoms with Crippen LogP contribution < -0.4 is 21.3 Å². The lowest BCUT2D eigenvalue weighted by Gasteiger charge is -2.23. The molecule has 1 amide bonds. The Bertz CT molecular complexity index is 314. The van der Waals surface area contributed by atoms with Crippen molar-refractivity contribution in [3.05, 3.63) is 0 Å². The van der Waals surface area contributed by atoms with E-state index >= 15 is 0 Å². The molecule has 2 aliphatic rings. The lowest BCUT2D eigenvalue weighted by molar-refractivity contribution is -0.122. The molecule has 0 atom stereocenters. The van der Waals surface area contributed by atoms with Crippen LogP contribution in [0.5, 0.6) is 0 Å². The van der Waals surface area contributed by atoms with E-state index in [0.717, 1.165) is 52.4 Å². The zero-order chi connectivity index (χ0) is 16.2. The molecule has 2 saturated heterocycles. The Morgan fingerprint density at radius 2 is 1.52 bits per heavy atom. The molecule has 0 radical (unpaired) electrons. The Kier molecular flexibility index (Phi) is 9.46. The van der Waals surface area contributed by atoms with Gasteiger partial charge in [-0.2, -0.15) is 0 Å². The van der Waals surface area contributed by atoms with Crippen molar-refractivity contribution in [1.82, 2.24) is 26.2 Å². The first-order valence-corrected chi connectivity index (χ1v) is 8.69. The van der Waals surface area contributed by atoms with E-state index < -0.39 is 0 Å². The monoisotopic (exact) mass is 329 g/mol. The number of nitrogens with zero attached hydrogens (tertiary/aromatic N) is 1. The molecule has 0 aromatic rings. The van der Waals surface area contributed by atoms with Gasteiger partial charge in [0.15, 0.2) is 6.29 Å². The van der Waals surface area contributed by atoms with E-state index in [2.05, 4.69) is 26.2 Å². The predicted molar refractivity (Wildman–Crippen MR) is 88.4 cm³/mol. The number of rotatable bonds is 5. The molecule has 0 aromatic heterocycles. The number of ether oxygens (including phenoxy) is 2. The molecule has 4 N–H and O–H groups in total. The van der Waals surface area contributed by atoms with Crippen LogP contribution in [0.15, 0.2) is 0 Å². The number of carbonyl (C=O) groups excluding carboxylic acids is 1. The van der Waals surface area contributed by atoms with Gasteiger partial charge in [0, 0.05) is 65.3 Å². The first-order valence-electron chi connectivity index (χ1n) is 8.69. The van der Waals surface area contributed by atoms with Gasteiger partial charge in [-0.3, -0.25) is 9.69 Å². The van der Waals surface area contributed by atoms with Gasteiger partial charge >= 0.3 is 0 Å². The highest BCUT2D eigenvalue weighted by atomic mass is 16.7. The van der Waals surface area contributed by atoms with E-state index in [9.17, 15) is 4.79 Å². The summed E-state index contributed by atoms with van der Waals surface area (Å²) in [5.41, 5.74) is 0. The van der Waals surface area contributed by atoms with Gasteiger partial charge in [-0.1, -0.05) is 0 Å². The summed E-state index contributed by atoms with van der Waals surface area (Å²) in [5.74, 6) is 0.0664. The molecule has 0 saturated carbocycles. The number of amides is 1. The minimum Gasteiger partial charge on any atom is -0.355 e. The molecule has 2 rings (SSSR count). The maximum atomic E-state index is 12.1. The maximum absolute atomic E-state index is 12.1. The standard InChI is InChI=1S/C15H31N5O3/c21-14(19-2-1-15-22-11-12-23-15)13-20-9-7-17-5-3-16-4-6-18-8-10-20/h15-18H,1-13H2,(H,19,21). The molecule has 0 aliphatic carbocycles. The maximum Gasteiger partial charge on any atom is 0.234 e. The van der Waals surface area contributed by atoms with Crippen LogP contribution >= 0.6 is 0 Å². The SMILES string of the molecule is O=C(CN1CCNCCNCCNCC1)NCCC1OCCO1. The normalized spacial score (nSPS) is 23.1. The lowest BCUT2D eigenvalue weighted by Crippen LogP contribution is -2.45. The summed E-state index contributed by atoms with van der Waals surface area (Å²) >= 11 is 0. The fraction of sp³-hybridized carbons (Fsp3) is 0.933. The highest BCUT2D eigenvalue weighted by molar-refractivity contribution is 5.77. The van der Waals surface area contributed by atoms with E-state index in [1.807, 2.05) is 0 Å². The highest BCUT2D eigenvalue weighted by Crippen LogP contribution is 2.06.